The van der Waals surface area contributed by atoms with Gasteiger partial charge in [0, 0.05) is 39.3 Å². The summed E-state index contributed by atoms with van der Waals surface area (Å²) in [5.74, 6) is -1.65. The van der Waals surface area contributed by atoms with E-state index < -0.39 is 16.2 Å². The standard InChI is InChI=1S/C45H76N2O12/c1-43(2,3)40(51)57-28-22-47(23-29-58-41(52)44(4,5)6)24-30-59-42(53)45(7,8)32-33-17-18-36(31-33)39(50)56-27-21-46(19-25-54-37(48)34-13-9-10-14-34)20-26-55-38(49)35-15-11-12-16-35/h33-36H,9-32H2,1-8H3. The lowest BCUT2D eigenvalue weighted by Crippen LogP contribution is -2.38. The van der Waals surface area contributed by atoms with E-state index in [2.05, 4.69) is 0 Å². The van der Waals surface area contributed by atoms with Gasteiger partial charge < -0.3 is 28.4 Å². The summed E-state index contributed by atoms with van der Waals surface area (Å²) in [6, 6.07) is 0. The Morgan fingerprint density at radius 2 is 0.746 bits per heavy atom. The fourth-order valence-electron chi connectivity index (χ4n) is 7.88. The van der Waals surface area contributed by atoms with E-state index in [0.717, 1.165) is 57.8 Å². The molecule has 3 saturated carbocycles. The van der Waals surface area contributed by atoms with Crippen molar-refractivity contribution in [1.29, 1.82) is 0 Å². The first-order chi connectivity index (χ1) is 27.8. The number of nitrogens with zero attached hydrogens (tertiary/aromatic N) is 2. The van der Waals surface area contributed by atoms with Crippen LogP contribution < -0.4 is 0 Å². The van der Waals surface area contributed by atoms with Crippen LogP contribution in [0.3, 0.4) is 0 Å². The molecule has 2 atom stereocenters. The van der Waals surface area contributed by atoms with Crippen LogP contribution >= 0.6 is 0 Å². The predicted octanol–water partition coefficient (Wildman–Crippen LogP) is 6.15. The summed E-state index contributed by atoms with van der Waals surface area (Å²) in [6.45, 7) is 18.0. The van der Waals surface area contributed by atoms with E-state index in [1.165, 1.54) is 0 Å². The highest BCUT2D eigenvalue weighted by Gasteiger charge is 2.38. The maximum absolute atomic E-state index is 13.3. The molecule has 3 rings (SSSR count). The van der Waals surface area contributed by atoms with Gasteiger partial charge in [0.15, 0.2) is 0 Å². The Morgan fingerprint density at radius 3 is 1.10 bits per heavy atom. The van der Waals surface area contributed by atoms with Crippen molar-refractivity contribution >= 4 is 35.8 Å². The fraction of sp³-hybridized carbons (Fsp3) is 0.867. The second-order valence-electron chi connectivity index (χ2n) is 19.5. The topological polar surface area (TPSA) is 164 Å². The van der Waals surface area contributed by atoms with Gasteiger partial charge in [0.1, 0.15) is 39.6 Å². The number of carbonyl (C=O) groups is 6. The third kappa shape index (κ3) is 18.5. The molecule has 0 aromatic carbocycles. The molecule has 0 bridgehead atoms. The second-order valence-corrected chi connectivity index (χ2v) is 19.5. The quantitative estimate of drug-likeness (QED) is 0.0803. The third-order valence-electron chi connectivity index (χ3n) is 11.7. The first kappa shape index (κ1) is 50.1. The first-order valence-corrected chi connectivity index (χ1v) is 22.2. The molecule has 0 radical (unpaired) electrons. The molecule has 3 aliphatic carbocycles. The molecule has 59 heavy (non-hydrogen) atoms. The van der Waals surface area contributed by atoms with E-state index in [9.17, 15) is 28.8 Å². The van der Waals surface area contributed by atoms with Crippen molar-refractivity contribution in [3.05, 3.63) is 0 Å². The van der Waals surface area contributed by atoms with Gasteiger partial charge >= 0.3 is 35.8 Å². The van der Waals surface area contributed by atoms with Crippen molar-refractivity contribution in [3.8, 4) is 0 Å². The van der Waals surface area contributed by atoms with Crippen LogP contribution in [0.25, 0.3) is 0 Å². The molecular weight excluding hydrogens is 760 g/mol. The molecule has 0 N–H and O–H groups in total. The van der Waals surface area contributed by atoms with Gasteiger partial charge in [-0.05, 0) is 113 Å². The Kier molecular flexibility index (Phi) is 20.6. The number of carbonyl (C=O) groups excluding carboxylic acids is 6. The lowest BCUT2D eigenvalue weighted by atomic mass is 9.82. The van der Waals surface area contributed by atoms with Crippen LogP contribution in [0.2, 0.25) is 0 Å². The highest BCUT2D eigenvalue weighted by Crippen LogP contribution is 2.40. The minimum atomic E-state index is -0.776. The van der Waals surface area contributed by atoms with E-state index in [4.69, 9.17) is 28.4 Å². The van der Waals surface area contributed by atoms with Crippen LogP contribution in [0.1, 0.15) is 132 Å². The van der Waals surface area contributed by atoms with Gasteiger partial charge in [-0.15, -0.1) is 0 Å². The predicted molar refractivity (Wildman–Crippen MR) is 221 cm³/mol. The van der Waals surface area contributed by atoms with Crippen molar-refractivity contribution in [3.63, 3.8) is 0 Å². The molecule has 3 aliphatic rings. The highest BCUT2D eigenvalue weighted by atomic mass is 16.6. The number of hydrogen-bond donors (Lipinski definition) is 0. The molecule has 0 aromatic heterocycles. The number of hydrogen-bond acceptors (Lipinski definition) is 14. The minimum absolute atomic E-state index is 0.0211. The highest BCUT2D eigenvalue weighted by molar-refractivity contribution is 5.77. The van der Waals surface area contributed by atoms with Crippen LogP contribution in [0.5, 0.6) is 0 Å². The van der Waals surface area contributed by atoms with Crippen molar-refractivity contribution < 1.29 is 57.2 Å². The van der Waals surface area contributed by atoms with Gasteiger partial charge in [-0.2, -0.15) is 0 Å². The van der Waals surface area contributed by atoms with E-state index >= 15 is 0 Å². The van der Waals surface area contributed by atoms with Crippen molar-refractivity contribution in [2.75, 3.05) is 78.9 Å². The zero-order valence-corrected chi connectivity index (χ0v) is 37.6. The first-order valence-electron chi connectivity index (χ1n) is 22.2. The summed E-state index contributed by atoms with van der Waals surface area (Å²) in [6.07, 6.45) is 10.4. The fourth-order valence-corrected chi connectivity index (χ4v) is 7.88. The molecule has 0 spiro atoms. The zero-order valence-electron chi connectivity index (χ0n) is 37.6. The van der Waals surface area contributed by atoms with Crippen LogP contribution in [0.4, 0.5) is 0 Å². The third-order valence-corrected chi connectivity index (χ3v) is 11.7. The maximum atomic E-state index is 13.3. The molecule has 0 saturated heterocycles. The molecule has 0 amide bonds. The molecule has 2 unspecified atom stereocenters. The molecule has 338 valence electrons. The van der Waals surface area contributed by atoms with Crippen LogP contribution in [-0.4, -0.2) is 125 Å². The van der Waals surface area contributed by atoms with Crippen molar-refractivity contribution in [1.82, 2.24) is 9.80 Å². The summed E-state index contributed by atoms with van der Waals surface area (Å²) in [5, 5.41) is 0. The summed E-state index contributed by atoms with van der Waals surface area (Å²) in [7, 11) is 0. The van der Waals surface area contributed by atoms with Gasteiger partial charge in [-0.3, -0.25) is 38.6 Å². The Bertz CT molecular complexity index is 1290. The van der Waals surface area contributed by atoms with E-state index in [1.807, 2.05) is 23.6 Å². The number of esters is 6. The largest absolute Gasteiger partial charge is 0.464 e. The van der Waals surface area contributed by atoms with Gasteiger partial charge in [0.05, 0.1) is 34.0 Å². The summed E-state index contributed by atoms with van der Waals surface area (Å²) < 4.78 is 33.5. The van der Waals surface area contributed by atoms with Crippen molar-refractivity contribution in [2.45, 2.75) is 132 Å². The van der Waals surface area contributed by atoms with E-state index in [0.29, 0.717) is 58.5 Å². The number of ether oxygens (including phenoxy) is 6. The van der Waals surface area contributed by atoms with E-state index in [1.54, 1.807) is 41.5 Å². The van der Waals surface area contributed by atoms with Crippen molar-refractivity contribution in [2.24, 2.45) is 39.9 Å². The molecule has 0 heterocycles. The van der Waals surface area contributed by atoms with Crippen LogP contribution in [0, 0.1) is 39.9 Å². The Labute approximate surface area is 353 Å². The zero-order chi connectivity index (χ0) is 43.6. The Balaban J connectivity index is 1.42. The average Bonchev–Trinajstić information content (AvgIpc) is 3.98. The molecule has 14 heteroatoms. The SMILES string of the molecule is CC(C)(C)C(=O)OCCN(CCOC(=O)C(C)(C)C)CCOC(=O)C(C)(C)CC1CCC(C(=O)OCCN(CCOC(=O)C2CCCC2)CCOC(=O)C2CCCC2)C1. The Morgan fingerprint density at radius 1 is 0.424 bits per heavy atom. The smallest absolute Gasteiger partial charge is 0.311 e. The molecule has 0 aliphatic heterocycles. The molecule has 14 nitrogen and oxygen atoms in total. The van der Waals surface area contributed by atoms with E-state index in [-0.39, 0.29) is 99.1 Å². The molecule has 3 fully saturated rings. The van der Waals surface area contributed by atoms with Crippen LogP contribution in [-0.2, 0) is 57.2 Å². The van der Waals surface area contributed by atoms with Gasteiger partial charge in [0.25, 0.3) is 0 Å². The maximum Gasteiger partial charge on any atom is 0.311 e. The summed E-state index contributed by atoms with van der Waals surface area (Å²) in [5.41, 5.74) is -2.03. The lowest BCUT2D eigenvalue weighted by molar-refractivity contribution is -0.156. The Hall–Kier alpha value is -3.26. The van der Waals surface area contributed by atoms with Gasteiger partial charge in [-0.1, -0.05) is 25.7 Å². The average molecular weight is 837 g/mol. The summed E-state index contributed by atoms with van der Waals surface area (Å²) >= 11 is 0. The monoisotopic (exact) mass is 837 g/mol. The van der Waals surface area contributed by atoms with Gasteiger partial charge in [0.2, 0.25) is 0 Å². The normalized spacial score (nSPS) is 19.2. The summed E-state index contributed by atoms with van der Waals surface area (Å²) in [4.78, 5) is 79.9. The second kappa shape index (κ2) is 24.3. The molecule has 0 aromatic rings. The molecular formula is C45H76N2O12. The van der Waals surface area contributed by atoms with Crippen LogP contribution in [0.15, 0.2) is 0 Å². The van der Waals surface area contributed by atoms with Gasteiger partial charge in [-0.25, -0.2) is 0 Å². The lowest BCUT2D eigenvalue weighted by Gasteiger charge is -2.27. The minimum Gasteiger partial charge on any atom is -0.464 e. The number of rotatable bonds is 24.